The lowest BCUT2D eigenvalue weighted by Gasteiger charge is -2.15. The van der Waals surface area contributed by atoms with Crippen LogP contribution in [0.2, 0.25) is 0 Å². The number of aromatic nitrogens is 2. The summed E-state index contributed by atoms with van der Waals surface area (Å²) in [4.78, 5) is 25.0. The largest absolute Gasteiger partial charge is 0.435 e. The first-order valence-corrected chi connectivity index (χ1v) is 6.96. The lowest BCUT2D eigenvalue weighted by molar-refractivity contribution is -0.141. The first-order chi connectivity index (χ1) is 10.3. The maximum absolute atomic E-state index is 12.5. The fraction of sp³-hybridized carbons (Fsp3) is 0.615. The number of nitrogens with one attached hydrogen (secondary N) is 1. The number of carbonyl (C=O) groups excluding carboxylic acids is 2. The molecular weight excluding hydrogens is 301 g/mol. The number of alkyl halides is 3. The van der Waals surface area contributed by atoms with Crippen molar-refractivity contribution in [2.24, 2.45) is 7.05 Å². The Morgan fingerprint density at radius 2 is 2.18 bits per heavy atom. The van der Waals surface area contributed by atoms with Crippen LogP contribution in [0.4, 0.5) is 13.2 Å². The average molecular weight is 318 g/mol. The third-order valence-corrected chi connectivity index (χ3v) is 3.46. The molecule has 2 amide bonds. The summed E-state index contributed by atoms with van der Waals surface area (Å²) in [6.07, 6.45) is -2.62. The van der Waals surface area contributed by atoms with Gasteiger partial charge in [-0.1, -0.05) is 0 Å². The van der Waals surface area contributed by atoms with E-state index in [2.05, 4.69) is 10.4 Å². The number of likely N-dealkylation sites (tertiary alicyclic amines) is 1. The van der Waals surface area contributed by atoms with E-state index in [1.165, 1.54) is 7.05 Å². The molecule has 1 aromatic heterocycles. The fourth-order valence-electron chi connectivity index (χ4n) is 2.32. The number of carbonyl (C=O) groups is 2. The molecule has 9 heteroatoms. The van der Waals surface area contributed by atoms with Crippen LogP contribution in [0.1, 0.15) is 35.4 Å². The van der Waals surface area contributed by atoms with Crippen LogP contribution in [0.25, 0.3) is 0 Å². The summed E-state index contributed by atoms with van der Waals surface area (Å²) >= 11 is 0. The molecule has 0 aliphatic carbocycles. The summed E-state index contributed by atoms with van der Waals surface area (Å²) < 4.78 is 38.5. The summed E-state index contributed by atoms with van der Waals surface area (Å²) in [5.41, 5.74) is -1.24. The first kappa shape index (κ1) is 16.3. The zero-order valence-electron chi connectivity index (χ0n) is 12.1. The number of aryl methyl sites for hydroxylation is 1. The second-order valence-electron chi connectivity index (χ2n) is 5.13. The van der Waals surface area contributed by atoms with E-state index in [-0.39, 0.29) is 18.1 Å². The lowest BCUT2D eigenvalue weighted by Crippen LogP contribution is -2.31. The van der Waals surface area contributed by atoms with Crippen molar-refractivity contribution in [3.05, 3.63) is 17.5 Å². The van der Waals surface area contributed by atoms with Crippen molar-refractivity contribution in [1.82, 2.24) is 20.0 Å². The molecule has 2 rings (SSSR count). The minimum atomic E-state index is -4.58. The summed E-state index contributed by atoms with van der Waals surface area (Å²) in [7, 11) is 1.28. The Hall–Kier alpha value is -2.06. The SMILES string of the molecule is Cn1nc(C(F)(F)F)cc1C(=O)NCCCN1CCCC1=O. The van der Waals surface area contributed by atoms with E-state index < -0.39 is 17.8 Å². The molecule has 1 aromatic rings. The number of hydrogen-bond acceptors (Lipinski definition) is 3. The van der Waals surface area contributed by atoms with Gasteiger partial charge in [0.05, 0.1) is 0 Å². The highest BCUT2D eigenvalue weighted by atomic mass is 19.4. The van der Waals surface area contributed by atoms with Gasteiger partial charge < -0.3 is 10.2 Å². The molecule has 1 fully saturated rings. The van der Waals surface area contributed by atoms with Gasteiger partial charge >= 0.3 is 6.18 Å². The zero-order chi connectivity index (χ0) is 16.3. The van der Waals surface area contributed by atoms with Crippen molar-refractivity contribution >= 4 is 11.8 Å². The van der Waals surface area contributed by atoms with Gasteiger partial charge in [-0.2, -0.15) is 18.3 Å². The second-order valence-corrected chi connectivity index (χ2v) is 5.13. The first-order valence-electron chi connectivity index (χ1n) is 6.96. The van der Waals surface area contributed by atoms with Crippen LogP contribution in [0.3, 0.4) is 0 Å². The maximum atomic E-state index is 12.5. The lowest BCUT2D eigenvalue weighted by atomic mass is 10.3. The summed E-state index contributed by atoms with van der Waals surface area (Å²) in [5, 5.41) is 5.82. The molecule has 1 aliphatic heterocycles. The highest BCUT2D eigenvalue weighted by Gasteiger charge is 2.35. The predicted molar refractivity (Wildman–Crippen MR) is 71.0 cm³/mol. The molecular formula is C13H17F3N4O2. The predicted octanol–water partition coefficient (Wildman–Crippen LogP) is 1.18. The van der Waals surface area contributed by atoms with E-state index in [0.717, 1.165) is 23.7 Å². The van der Waals surface area contributed by atoms with Crippen molar-refractivity contribution in [2.75, 3.05) is 19.6 Å². The zero-order valence-corrected chi connectivity index (χ0v) is 12.1. The maximum Gasteiger partial charge on any atom is 0.435 e. The fourth-order valence-corrected chi connectivity index (χ4v) is 2.32. The Kier molecular flexibility index (Phi) is 4.72. The second kappa shape index (κ2) is 6.37. The number of rotatable bonds is 5. The molecule has 0 radical (unpaired) electrons. The Balaban J connectivity index is 1.82. The van der Waals surface area contributed by atoms with Crippen molar-refractivity contribution < 1.29 is 22.8 Å². The van der Waals surface area contributed by atoms with E-state index in [0.29, 0.717) is 19.4 Å². The van der Waals surface area contributed by atoms with E-state index in [1.807, 2.05) is 0 Å². The standard InChI is InChI=1S/C13H17F3N4O2/c1-19-9(8-10(18-19)13(14,15)16)12(22)17-5-3-7-20-6-2-4-11(20)21/h8H,2-7H2,1H3,(H,17,22). The monoisotopic (exact) mass is 318 g/mol. The topological polar surface area (TPSA) is 67.2 Å². The van der Waals surface area contributed by atoms with Gasteiger partial charge in [-0.15, -0.1) is 0 Å². The minimum absolute atomic E-state index is 0.104. The molecule has 0 spiro atoms. The van der Waals surface area contributed by atoms with Gasteiger partial charge in [0.1, 0.15) is 5.69 Å². The summed E-state index contributed by atoms with van der Waals surface area (Å²) in [6.45, 7) is 1.55. The van der Waals surface area contributed by atoms with E-state index >= 15 is 0 Å². The molecule has 1 saturated heterocycles. The number of amides is 2. The molecule has 1 aliphatic rings. The van der Waals surface area contributed by atoms with Crippen LogP contribution in [0, 0.1) is 0 Å². The number of halogens is 3. The molecule has 1 N–H and O–H groups in total. The third-order valence-electron chi connectivity index (χ3n) is 3.46. The van der Waals surface area contributed by atoms with Crippen molar-refractivity contribution in [2.45, 2.75) is 25.4 Å². The summed E-state index contributed by atoms with van der Waals surface area (Å²) in [5.74, 6) is -0.508. The van der Waals surface area contributed by atoms with E-state index in [1.54, 1.807) is 4.90 Å². The number of nitrogens with zero attached hydrogens (tertiary/aromatic N) is 3. The van der Waals surface area contributed by atoms with Crippen molar-refractivity contribution in [3.8, 4) is 0 Å². The van der Waals surface area contributed by atoms with Crippen LogP contribution in [-0.4, -0.2) is 46.1 Å². The van der Waals surface area contributed by atoms with Gasteiger partial charge in [0.15, 0.2) is 5.69 Å². The summed E-state index contributed by atoms with van der Waals surface area (Å²) in [6, 6.07) is 0.722. The van der Waals surface area contributed by atoms with Crippen LogP contribution in [0.5, 0.6) is 0 Å². The van der Waals surface area contributed by atoms with E-state index in [9.17, 15) is 22.8 Å². The molecule has 0 bridgehead atoms. The third kappa shape index (κ3) is 3.77. The Morgan fingerprint density at radius 1 is 1.45 bits per heavy atom. The molecule has 0 atom stereocenters. The smallest absolute Gasteiger partial charge is 0.351 e. The molecule has 0 saturated carbocycles. The number of hydrogen-bond donors (Lipinski definition) is 1. The van der Waals surface area contributed by atoms with Gasteiger partial charge in [-0.25, -0.2) is 0 Å². The quantitative estimate of drug-likeness (QED) is 0.829. The molecule has 122 valence electrons. The molecule has 0 unspecified atom stereocenters. The van der Waals surface area contributed by atoms with Crippen molar-refractivity contribution in [3.63, 3.8) is 0 Å². The van der Waals surface area contributed by atoms with Crippen LogP contribution in [-0.2, 0) is 18.0 Å². The van der Waals surface area contributed by atoms with Gasteiger partial charge in [0.25, 0.3) is 5.91 Å². The Morgan fingerprint density at radius 3 is 2.73 bits per heavy atom. The molecule has 22 heavy (non-hydrogen) atoms. The molecule has 0 aromatic carbocycles. The van der Waals surface area contributed by atoms with Crippen molar-refractivity contribution in [1.29, 1.82) is 0 Å². The normalized spacial score (nSPS) is 15.5. The highest BCUT2D eigenvalue weighted by molar-refractivity contribution is 5.92. The molecule has 6 nitrogen and oxygen atoms in total. The van der Waals surface area contributed by atoms with Gasteiger partial charge in [0, 0.05) is 39.2 Å². The Bertz CT molecular complexity index is 568. The van der Waals surface area contributed by atoms with Crippen LogP contribution < -0.4 is 5.32 Å². The average Bonchev–Trinajstić information content (AvgIpc) is 3.00. The van der Waals surface area contributed by atoms with Gasteiger partial charge in [0.2, 0.25) is 5.91 Å². The highest BCUT2D eigenvalue weighted by Crippen LogP contribution is 2.28. The van der Waals surface area contributed by atoms with Gasteiger partial charge in [-0.05, 0) is 12.8 Å². The molecule has 2 heterocycles. The Labute approximate surface area is 125 Å². The van der Waals surface area contributed by atoms with Gasteiger partial charge in [-0.3, -0.25) is 14.3 Å². The minimum Gasteiger partial charge on any atom is -0.351 e. The van der Waals surface area contributed by atoms with E-state index in [4.69, 9.17) is 0 Å². The van der Waals surface area contributed by atoms with Crippen LogP contribution in [0.15, 0.2) is 6.07 Å². The van der Waals surface area contributed by atoms with Crippen LogP contribution >= 0.6 is 0 Å².